The molecule has 4 bridgehead atoms. The predicted octanol–water partition coefficient (Wildman–Crippen LogP) is 5.38. The van der Waals surface area contributed by atoms with Crippen molar-refractivity contribution >= 4 is 21.9 Å². The molecule has 1 fully saturated rings. The number of nitrogens with zero attached hydrogens (tertiary/aromatic N) is 4. The second kappa shape index (κ2) is 12.2. The van der Waals surface area contributed by atoms with E-state index in [9.17, 15) is 18.3 Å². The number of anilines is 1. The second-order valence-corrected chi connectivity index (χ2v) is 14.6. The number of aromatic nitrogens is 2. The van der Waals surface area contributed by atoms with Crippen molar-refractivity contribution in [1.82, 2.24) is 14.9 Å². The summed E-state index contributed by atoms with van der Waals surface area (Å²) in [5.74, 6) is 0.213. The lowest BCUT2D eigenvalue weighted by atomic mass is 9.85. The van der Waals surface area contributed by atoms with Crippen molar-refractivity contribution in [1.29, 1.82) is 0 Å². The van der Waals surface area contributed by atoms with Crippen LogP contribution in [0.5, 0.6) is 5.88 Å². The van der Waals surface area contributed by atoms with E-state index < -0.39 is 16.1 Å². The van der Waals surface area contributed by atoms with Crippen molar-refractivity contribution in [2.24, 2.45) is 11.8 Å². The minimum absolute atomic E-state index is 0.00389. The number of aliphatic hydroxyl groups excluding tert-OH is 1. The highest BCUT2D eigenvalue weighted by Crippen LogP contribution is 2.35. The van der Waals surface area contributed by atoms with E-state index >= 15 is 0 Å². The Labute approximate surface area is 255 Å². The maximum atomic E-state index is 14.3. The van der Waals surface area contributed by atoms with Crippen LogP contribution >= 0.6 is 0 Å². The van der Waals surface area contributed by atoms with Gasteiger partial charge in [0, 0.05) is 29.8 Å². The number of amides is 1. The quantitative estimate of drug-likeness (QED) is 0.401. The first-order valence-electron chi connectivity index (χ1n) is 15.1. The van der Waals surface area contributed by atoms with Gasteiger partial charge in [-0.3, -0.25) is 4.79 Å². The minimum atomic E-state index is -4.17. The van der Waals surface area contributed by atoms with E-state index in [1.807, 2.05) is 45.9 Å². The minimum Gasteiger partial charge on any atom is -0.475 e. The zero-order valence-electron chi connectivity index (χ0n) is 25.8. The molecule has 2 aromatic carbocycles. The van der Waals surface area contributed by atoms with Crippen molar-refractivity contribution in [2.75, 3.05) is 17.5 Å². The van der Waals surface area contributed by atoms with Crippen LogP contribution in [0.3, 0.4) is 0 Å². The van der Waals surface area contributed by atoms with Crippen molar-refractivity contribution in [3.63, 3.8) is 0 Å². The van der Waals surface area contributed by atoms with Crippen molar-refractivity contribution in [3.8, 4) is 17.1 Å². The van der Waals surface area contributed by atoms with Crippen LogP contribution in [0.4, 0.5) is 5.95 Å². The number of fused-ring (bicyclic) bond motifs is 4. The van der Waals surface area contributed by atoms with Gasteiger partial charge >= 0.3 is 0 Å². The zero-order valence-corrected chi connectivity index (χ0v) is 26.6. The molecule has 9 nitrogen and oxygen atoms in total. The fourth-order valence-electron chi connectivity index (χ4n) is 6.03. The van der Waals surface area contributed by atoms with Gasteiger partial charge in [0.2, 0.25) is 11.8 Å². The number of sulfonamides is 1. The van der Waals surface area contributed by atoms with E-state index in [0.717, 1.165) is 16.7 Å². The second-order valence-electron chi connectivity index (χ2n) is 12.7. The van der Waals surface area contributed by atoms with E-state index in [2.05, 4.69) is 18.8 Å². The van der Waals surface area contributed by atoms with Gasteiger partial charge in [-0.25, -0.2) is 17.7 Å². The van der Waals surface area contributed by atoms with Gasteiger partial charge < -0.3 is 14.7 Å². The van der Waals surface area contributed by atoms with E-state index in [0.29, 0.717) is 25.0 Å². The highest BCUT2D eigenvalue weighted by Gasteiger charge is 2.40. The summed E-state index contributed by atoms with van der Waals surface area (Å²) in [6, 6.07) is 13.4. The third kappa shape index (κ3) is 6.40. The van der Waals surface area contributed by atoms with Crippen LogP contribution in [0.15, 0.2) is 53.4 Å². The Kier molecular flexibility index (Phi) is 8.81. The third-order valence-corrected chi connectivity index (χ3v) is 9.87. The molecule has 1 aliphatic carbocycles. The zero-order chi connectivity index (χ0) is 31.1. The average Bonchev–Trinajstić information content (AvgIpc) is 2.92. The summed E-state index contributed by atoms with van der Waals surface area (Å²) < 4.78 is 36.2. The molecule has 43 heavy (non-hydrogen) atoms. The van der Waals surface area contributed by atoms with E-state index in [-0.39, 0.29) is 65.3 Å². The van der Waals surface area contributed by atoms with Crippen molar-refractivity contribution in [3.05, 3.63) is 65.2 Å². The first-order valence-corrected chi connectivity index (χ1v) is 16.5. The number of aliphatic hydroxyl groups is 1. The first kappa shape index (κ1) is 30.9. The number of ether oxygens (including phenoxy) is 1. The van der Waals surface area contributed by atoms with Crippen LogP contribution in [0.1, 0.15) is 68.4 Å². The predicted molar refractivity (Wildman–Crippen MR) is 167 cm³/mol. The van der Waals surface area contributed by atoms with Crippen LogP contribution in [0, 0.1) is 25.7 Å². The number of aryl methyl sites for hydroxylation is 2. The molecule has 5 rings (SSSR count). The van der Waals surface area contributed by atoms with Crippen LogP contribution < -0.4 is 9.04 Å². The molecular weight excluding hydrogens is 564 g/mol. The number of benzene rings is 2. The van der Waals surface area contributed by atoms with Gasteiger partial charge in [-0.1, -0.05) is 52.0 Å². The van der Waals surface area contributed by atoms with Crippen LogP contribution in [-0.2, 0) is 10.0 Å². The highest BCUT2D eigenvalue weighted by molar-refractivity contribution is 7.92. The summed E-state index contributed by atoms with van der Waals surface area (Å²) in [6.07, 6.45) is 1.13. The molecule has 1 aromatic heterocycles. The molecule has 0 radical (unpaired) electrons. The van der Waals surface area contributed by atoms with Gasteiger partial charge in [-0.15, -0.1) is 0 Å². The Morgan fingerprint density at radius 2 is 1.65 bits per heavy atom. The first-order chi connectivity index (χ1) is 20.3. The van der Waals surface area contributed by atoms with Gasteiger partial charge in [0.25, 0.3) is 15.9 Å². The smallest absolute Gasteiger partial charge is 0.266 e. The molecule has 1 N–H and O–H groups in total. The van der Waals surface area contributed by atoms with E-state index in [1.54, 1.807) is 23.1 Å². The molecule has 0 unspecified atom stereocenters. The maximum Gasteiger partial charge on any atom is 0.266 e. The topological polar surface area (TPSA) is 113 Å². The monoisotopic (exact) mass is 606 g/mol. The number of hydrogen-bond acceptors (Lipinski definition) is 7. The third-order valence-electron chi connectivity index (χ3n) is 8.13. The fraction of sp³-hybridized carbons (Fsp3) is 0.485. The lowest BCUT2D eigenvalue weighted by Crippen LogP contribution is -2.56. The standard InChI is InChI=1S/C33H42N4O5S/c1-20(2)13-26-19-42-30-17-29(31-22(5)9-7-10-23(31)6)34-33(35-30)36(18-21(3)4)43(40,41)28-12-8-11-24(14-28)32(39)37(26)25-15-27(38)16-25/h7-12,14,17,20-21,25-27,38H,13,15-16,18-19H2,1-6H3/t25?,26-,27?/m1/s1. The SMILES string of the molecule is Cc1cccc(C)c1-c1cc2nc(n1)N(CC(C)C)S(=O)(=O)c1cccc(c1)C(=O)N(C1CC(O)C1)[C@H](CC(C)C)CO2. The molecule has 1 amide bonds. The molecule has 1 aliphatic heterocycles. The van der Waals surface area contributed by atoms with Crippen LogP contribution in [0.2, 0.25) is 0 Å². The molecular formula is C33H42N4O5S. The lowest BCUT2D eigenvalue weighted by molar-refractivity contribution is -0.0195. The van der Waals surface area contributed by atoms with Gasteiger partial charge in [0.05, 0.1) is 22.7 Å². The Balaban J connectivity index is 1.74. The Bertz CT molecular complexity index is 1580. The summed E-state index contributed by atoms with van der Waals surface area (Å²) in [5.41, 5.74) is 3.74. The van der Waals surface area contributed by atoms with E-state index in [4.69, 9.17) is 9.72 Å². The molecule has 1 saturated carbocycles. The molecule has 2 aliphatic rings. The van der Waals surface area contributed by atoms with E-state index in [1.165, 1.54) is 16.4 Å². The summed E-state index contributed by atoms with van der Waals surface area (Å²) in [7, 11) is -4.17. The summed E-state index contributed by atoms with van der Waals surface area (Å²) in [4.78, 5) is 25.5. The number of rotatable bonds is 6. The molecule has 230 valence electrons. The summed E-state index contributed by atoms with van der Waals surface area (Å²) in [5, 5.41) is 10.2. The molecule has 3 aromatic rings. The van der Waals surface area contributed by atoms with Gasteiger partial charge in [-0.05, 0) is 74.3 Å². The average molecular weight is 607 g/mol. The normalized spacial score (nSPS) is 22.0. The number of hydrogen-bond donors (Lipinski definition) is 1. The van der Waals surface area contributed by atoms with Crippen LogP contribution in [0.25, 0.3) is 11.3 Å². The number of carbonyl (C=O) groups is 1. The molecule has 1 atom stereocenters. The lowest BCUT2D eigenvalue weighted by Gasteiger charge is -2.45. The fourth-order valence-corrected chi connectivity index (χ4v) is 7.61. The highest BCUT2D eigenvalue weighted by atomic mass is 32.2. The Morgan fingerprint density at radius 3 is 2.28 bits per heavy atom. The Hall–Kier alpha value is -3.50. The summed E-state index contributed by atoms with van der Waals surface area (Å²) in [6.45, 7) is 12.4. The number of carbonyl (C=O) groups excluding carboxylic acids is 1. The maximum absolute atomic E-state index is 14.3. The molecule has 10 heteroatoms. The van der Waals surface area contributed by atoms with Crippen LogP contribution in [-0.4, -0.2) is 65.6 Å². The Morgan fingerprint density at radius 1 is 0.977 bits per heavy atom. The van der Waals surface area contributed by atoms with Gasteiger partial charge in [-0.2, -0.15) is 4.98 Å². The largest absolute Gasteiger partial charge is 0.475 e. The molecule has 0 spiro atoms. The van der Waals surface area contributed by atoms with Crippen molar-refractivity contribution in [2.45, 2.75) is 83.9 Å². The van der Waals surface area contributed by atoms with Gasteiger partial charge in [0.15, 0.2) is 0 Å². The van der Waals surface area contributed by atoms with Crippen molar-refractivity contribution < 1.29 is 23.1 Å². The molecule has 2 heterocycles. The molecule has 0 saturated heterocycles. The summed E-state index contributed by atoms with van der Waals surface area (Å²) >= 11 is 0. The van der Waals surface area contributed by atoms with Gasteiger partial charge in [0.1, 0.15) is 6.61 Å².